The molecule has 2 nitrogen and oxygen atoms in total. The van der Waals surface area contributed by atoms with E-state index in [1.54, 1.807) is 6.07 Å². The lowest BCUT2D eigenvalue weighted by Crippen LogP contribution is -1.98. The average molecular weight is 307 g/mol. The van der Waals surface area contributed by atoms with Gasteiger partial charge in [0.2, 0.25) is 0 Å². The van der Waals surface area contributed by atoms with Crippen LogP contribution in [0, 0.1) is 28.8 Å². The fourth-order valence-corrected chi connectivity index (χ4v) is 1.85. The molecule has 0 aromatic heterocycles. The number of ether oxygens (including phenoxy) is 1. The molecule has 0 saturated carbocycles. The third-order valence-electron chi connectivity index (χ3n) is 2.83. The van der Waals surface area contributed by atoms with Gasteiger partial charge in [-0.2, -0.15) is 5.26 Å². The Labute approximate surface area is 123 Å². The number of benzene rings is 2. The number of rotatable bonds is 4. The largest absolute Gasteiger partial charge is 0.489 e. The van der Waals surface area contributed by atoms with Crippen molar-refractivity contribution in [2.45, 2.75) is 0 Å². The standard InChI is InChI=1S/C16H9F4NO/c17-4-1-5-22-12-7-14(19)16(15(20)8-12)10-2-3-11(9-21)13(18)6-10/h1-4,6-8H,5H2/b4-1+. The molecule has 0 saturated heterocycles. The van der Waals surface area contributed by atoms with Gasteiger partial charge in [0.1, 0.15) is 35.9 Å². The second-order valence-electron chi connectivity index (χ2n) is 4.24. The third-order valence-corrected chi connectivity index (χ3v) is 2.83. The van der Waals surface area contributed by atoms with Gasteiger partial charge >= 0.3 is 0 Å². The average Bonchev–Trinajstić information content (AvgIpc) is 2.47. The number of hydrogen-bond acceptors (Lipinski definition) is 2. The van der Waals surface area contributed by atoms with Crippen LogP contribution < -0.4 is 4.74 Å². The summed E-state index contributed by atoms with van der Waals surface area (Å²) < 4.78 is 58.3. The summed E-state index contributed by atoms with van der Waals surface area (Å²) in [5, 5.41) is 8.64. The van der Waals surface area contributed by atoms with Crippen LogP contribution in [0.4, 0.5) is 17.6 Å². The summed E-state index contributed by atoms with van der Waals surface area (Å²) in [6.45, 7) is -0.180. The molecule has 0 atom stereocenters. The summed E-state index contributed by atoms with van der Waals surface area (Å²) >= 11 is 0. The molecule has 0 N–H and O–H groups in total. The van der Waals surface area contributed by atoms with Crippen molar-refractivity contribution in [3.05, 3.63) is 65.8 Å². The minimum atomic E-state index is -0.955. The highest BCUT2D eigenvalue weighted by atomic mass is 19.1. The van der Waals surface area contributed by atoms with Gasteiger partial charge in [-0.15, -0.1) is 0 Å². The van der Waals surface area contributed by atoms with Crippen LogP contribution in [0.1, 0.15) is 5.56 Å². The maximum Gasteiger partial charge on any atom is 0.141 e. The van der Waals surface area contributed by atoms with Crippen LogP contribution in [0.3, 0.4) is 0 Å². The number of nitrogens with zero attached hydrogens (tertiary/aromatic N) is 1. The third kappa shape index (κ3) is 3.26. The molecule has 0 heterocycles. The van der Waals surface area contributed by atoms with E-state index >= 15 is 0 Å². The van der Waals surface area contributed by atoms with Crippen LogP contribution in [0.2, 0.25) is 0 Å². The van der Waals surface area contributed by atoms with E-state index < -0.39 is 23.0 Å². The van der Waals surface area contributed by atoms with Gasteiger partial charge in [-0.05, 0) is 23.8 Å². The van der Waals surface area contributed by atoms with Gasteiger partial charge in [0.25, 0.3) is 0 Å². The first-order valence-corrected chi connectivity index (χ1v) is 6.14. The molecule has 2 aromatic rings. The van der Waals surface area contributed by atoms with Crippen molar-refractivity contribution in [3.63, 3.8) is 0 Å². The van der Waals surface area contributed by atoms with Crippen LogP contribution in [0.15, 0.2) is 42.7 Å². The normalized spacial score (nSPS) is 10.7. The van der Waals surface area contributed by atoms with Crippen molar-refractivity contribution in [3.8, 4) is 22.9 Å². The van der Waals surface area contributed by atoms with E-state index in [1.165, 1.54) is 6.07 Å². The first-order valence-electron chi connectivity index (χ1n) is 6.14. The van der Waals surface area contributed by atoms with Crippen LogP contribution in [-0.4, -0.2) is 6.61 Å². The molecule has 0 bridgehead atoms. The quantitative estimate of drug-likeness (QED) is 0.779. The first-order chi connectivity index (χ1) is 10.6. The lowest BCUT2D eigenvalue weighted by molar-refractivity contribution is 0.356. The molecule has 112 valence electrons. The molecule has 0 aliphatic heterocycles. The Balaban J connectivity index is 2.40. The van der Waals surface area contributed by atoms with Crippen LogP contribution in [0.5, 0.6) is 5.75 Å². The molecule has 2 aromatic carbocycles. The highest BCUT2D eigenvalue weighted by Gasteiger charge is 2.15. The molecule has 2 rings (SSSR count). The number of halogens is 4. The Bertz CT molecular complexity index is 742. The molecule has 0 fully saturated rings. The summed E-state index contributed by atoms with van der Waals surface area (Å²) in [6, 6.07) is 6.72. The van der Waals surface area contributed by atoms with E-state index in [0.717, 1.165) is 30.3 Å². The van der Waals surface area contributed by atoms with Gasteiger partial charge in [0.05, 0.1) is 17.5 Å². The van der Waals surface area contributed by atoms with Crippen molar-refractivity contribution in [2.24, 2.45) is 0 Å². The van der Waals surface area contributed by atoms with Crippen LogP contribution in [-0.2, 0) is 0 Å². The van der Waals surface area contributed by atoms with Crippen molar-refractivity contribution in [2.75, 3.05) is 6.61 Å². The predicted octanol–water partition coefficient (Wildman–Crippen LogP) is 4.50. The zero-order chi connectivity index (χ0) is 16.1. The van der Waals surface area contributed by atoms with Gasteiger partial charge in [0, 0.05) is 12.1 Å². The van der Waals surface area contributed by atoms with Gasteiger partial charge in [0.15, 0.2) is 0 Å². The smallest absolute Gasteiger partial charge is 0.141 e. The van der Waals surface area contributed by atoms with Crippen LogP contribution in [0.25, 0.3) is 11.1 Å². The van der Waals surface area contributed by atoms with E-state index in [9.17, 15) is 17.6 Å². The topological polar surface area (TPSA) is 33.0 Å². The molecule has 22 heavy (non-hydrogen) atoms. The van der Waals surface area contributed by atoms with E-state index in [4.69, 9.17) is 10.00 Å². The molecule has 0 radical (unpaired) electrons. The van der Waals surface area contributed by atoms with Gasteiger partial charge in [-0.3, -0.25) is 0 Å². The molecule has 0 amide bonds. The summed E-state index contributed by atoms with van der Waals surface area (Å²) in [5.74, 6) is -2.90. The highest BCUT2D eigenvalue weighted by Crippen LogP contribution is 2.30. The Hall–Kier alpha value is -2.81. The second-order valence-corrected chi connectivity index (χ2v) is 4.24. The monoisotopic (exact) mass is 307 g/mol. The minimum absolute atomic E-state index is 0.0401. The fourth-order valence-electron chi connectivity index (χ4n) is 1.85. The summed E-state index contributed by atoms with van der Waals surface area (Å²) in [5.41, 5.74) is -0.694. The summed E-state index contributed by atoms with van der Waals surface area (Å²) in [4.78, 5) is 0. The van der Waals surface area contributed by atoms with Crippen molar-refractivity contribution in [1.29, 1.82) is 5.26 Å². The van der Waals surface area contributed by atoms with Crippen molar-refractivity contribution < 1.29 is 22.3 Å². The maximum absolute atomic E-state index is 14.0. The zero-order valence-electron chi connectivity index (χ0n) is 11.1. The van der Waals surface area contributed by atoms with E-state index in [2.05, 4.69) is 0 Å². The Morgan fingerprint density at radius 2 is 1.73 bits per heavy atom. The summed E-state index contributed by atoms with van der Waals surface area (Å²) in [6.07, 6.45) is 1.28. The molecule has 0 aliphatic rings. The molecule has 0 unspecified atom stereocenters. The van der Waals surface area contributed by atoms with Crippen molar-refractivity contribution >= 4 is 0 Å². The zero-order valence-corrected chi connectivity index (χ0v) is 11.1. The van der Waals surface area contributed by atoms with Gasteiger partial charge < -0.3 is 4.74 Å². The molecule has 0 aliphatic carbocycles. The van der Waals surface area contributed by atoms with Gasteiger partial charge in [-0.25, -0.2) is 17.6 Å². The number of hydrogen-bond donors (Lipinski definition) is 0. The van der Waals surface area contributed by atoms with Gasteiger partial charge in [-0.1, -0.05) is 6.07 Å². The van der Waals surface area contributed by atoms with Crippen molar-refractivity contribution in [1.82, 2.24) is 0 Å². The van der Waals surface area contributed by atoms with E-state index in [-0.39, 0.29) is 29.8 Å². The summed E-state index contributed by atoms with van der Waals surface area (Å²) in [7, 11) is 0. The number of nitriles is 1. The Morgan fingerprint density at radius 1 is 1.05 bits per heavy atom. The Morgan fingerprint density at radius 3 is 2.27 bits per heavy atom. The van der Waals surface area contributed by atoms with E-state index in [1.807, 2.05) is 0 Å². The lowest BCUT2D eigenvalue weighted by atomic mass is 10.0. The second kappa shape index (κ2) is 6.76. The predicted molar refractivity (Wildman–Crippen MR) is 72.2 cm³/mol. The minimum Gasteiger partial charge on any atom is -0.489 e. The first kappa shape index (κ1) is 15.6. The molecular formula is C16H9F4NO. The fraction of sp³-hybridized carbons (Fsp3) is 0.0625. The molecule has 6 heteroatoms. The van der Waals surface area contributed by atoms with E-state index in [0.29, 0.717) is 0 Å². The molecule has 0 spiro atoms. The highest BCUT2D eigenvalue weighted by molar-refractivity contribution is 5.66. The van der Waals surface area contributed by atoms with Crippen LogP contribution >= 0.6 is 0 Å². The maximum atomic E-state index is 14.0. The lowest BCUT2D eigenvalue weighted by Gasteiger charge is -2.09. The SMILES string of the molecule is N#Cc1ccc(-c2c(F)cc(OC/C=C/F)cc2F)cc1F. The Kier molecular flexibility index (Phi) is 4.79. The molecular weight excluding hydrogens is 298 g/mol.